The number of fused-ring (bicyclic) bond motifs is 1. The number of hydrogen-bond acceptors (Lipinski definition) is 2. The van der Waals surface area contributed by atoms with Gasteiger partial charge in [0.05, 0.1) is 5.52 Å². The van der Waals surface area contributed by atoms with Crippen LogP contribution in [-0.2, 0) is 0 Å². The molecule has 0 aliphatic heterocycles. The molecule has 0 aliphatic carbocycles. The number of aromatic nitrogens is 1. The predicted molar refractivity (Wildman–Crippen MR) is 73.6 cm³/mol. The third-order valence-corrected chi connectivity index (χ3v) is 3.14. The molecular weight excluding hydrogens is 222 g/mol. The van der Waals surface area contributed by atoms with Crippen molar-refractivity contribution in [3.8, 4) is 16.9 Å². The second kappa shape index (κ2) is 4.15. The molecule has 0 unspecified atom stereocenters. The number of aryl methyl sites for hydroxylation is 1. The van der Waals surface area contributed by atoms with Crippen molar-refractivity contribution in [3.63, 3.8) is 0 Å². The van der Waals surface area contributed by atoms with Gasteiger partial charge >= 0.3 is 0 Å². The highest BCUT2D eigenvalue weighted by Gasteiger charge is 2.02. The van der Waals surface area contributed by atoms with Crippen LogP contribution < -0.4 is 0 Å². The van der Waals surface area contributed by atoms with Gasteiger partial charge in [-0.1, -0.05) is 24.3 Å². The Labute approximate surface area is 106 Å². The molecule has 0 saturated heterocycles. The first-order chi connectivity index (χ1) is 8.74. The summed E-state index contributed by atoms with van der Waals surface area (Å²) in [6, 6.07) is 15.8. The van der Waals surface area contributed by atoms with Crippen LogP contribution >= 0.6 is 0 Å². The minimum absolute atomic E-state index is 0.331. The van der Waals surface area contributed by atoms with Crippen LogP contribution in [-0.4, -0.2) is 10.1 Å². The minimum atomic E-state index is 0.331. The summed E-state index contributed by atoms with van der Waals surface area (Å²) in [6.45, 7) is 1.90. The fourth-order valence-electron chi connectivity index (χ4n) is 2.08. The maximum absolute atomic E-state index is 9.55. The fourth-order valence-corrected chi connectivity index (χ4v) is 2.08. The Morgan fingerprint density at radius 2 is 1.72 bits per heavy atom. The molecule has 0 atom stereocenters. The van der Waals surface area contributed by atoms with Crippen LogP contribution in [0.4, 0.5) is 0 Å². The molecule has 18 heavy (non-hydrogen) atoms. The fraction of sp³-hybridized carbons (Fsp3) is 0.0625. The molecule has 0 fully saturated rings. The molecule has 0 aliphatic rings. The maximum Gasteiger partial charge on any atom is 0.118 e. The zero-order chi connectivity index (χ0) is 12.5. The van der Waals surface area contributed by atoms with Gasteiger partial charge in [0.1, 0.15) is 5.75 Å². The predicted octanol–water partition coefficient (Wildman–Crippen LogP) is 3.92. The summed E-state index contributed by atoms with van der Waals surface area (Å²) in [6.07, 6.45) is 1.80. The summed E-state index contributed by atoms with van der Waals surface area (Å²) in [5.74, 6) is 0.331. The van der Waals surface area contributed by atoms with E-state index in [1.54, 1.807) is 12.3 Å². The SMILES string of the molecule is Cc1cc(-c2ccc3cccnc3c2)ccc1O. The van der Waals surface area contributed by atoms with Crippen molar-refractivity contribution in [1.82, 2.24) is 4.98 Å². The molecule has 1 aromatic heterocycles. The molecular formula is C16H13NO. The van der Waals surface area contributed by atoms with Gasteiger partial charge < -0.3 is 5.11 Å². The van der Waals surface area contributed by atoms with Crippen molar-refractivity contribution >= 4 is 10.9 Å². The topological polar surface area (TPSA) is 33.1 Å². The smallest absolute Gasteiger partial charge is 0.118 e. The van der Waals surface area contributed by atoms with Crippen molar-refractivity contribution in [2.75, 3.05) is 0 Å². The van der Waals surface area contributed by atoms with Crippen LogP contribution in [0.1, 0.15) is 5.56 Å². The summed E-state index contributed by atoms with van der Waals surface area (Å²) in [4.78, 5) is 4.36. The second-order valence-electron chi connectivity index (χ2n) is 4.41. The Kier molecular flexibility index (Phi) is 2.49. The molecule has 0 radical (unpaired) electrons. The van der Waals surface area contributed by atoms with E-state index in [9.17, 15) is 5.11 Å². The number of phenols is 1. The molecule has 0 spiro atoms. The number of phenolic OH excluding ortho intramolecular Hbond substituents is 1. The minimum Gasteiger partial charge on any atom is -0.508 e. The van der Waals surface area contributed by atoms with Crippen molar-refractivity contribution < 1.29 is 5.11 Å². The molecule has 3 rings (SSSR count). The van der Waals surface area contributed by atoms with E-state index < -0.39 is 0 Å². The Bertz CT molecular complexity index is 719. The quantitative estimate of drug-likeness (QED) is 0.693. The lowest BCUT2D eigenvalue weighted by molar-refractivity contribution is 0.471. The Hall–Kier alpha value is -2.35. The van der Waals surface area contributed by atoms with Gasteiger partial charge in [0.2, 0.25) is 0 Å². The van der Waals surface area contributed by atoms with Crippen LogP contribution in [0.25, 0.3) is 22.0 Å². The van der Waals surface area contributed by atoms with Gasteiger partial charge in [0.15, 0.2) is 0 Å². The van der Waals surface area contributed by atoms with Crippen molar-refractivity contribution in [1.29, 1.82) is 0 Å². The molecule has 3 aromatic rings. The summed E-state index contributed by atoms with van der Waals surface area (Å²) >= 11 is 0. The van der Waals surface area contributed by atoms with Gasteiger partial charge in [0, 0.05) is 11.6 Å². The first-order valence-corrected chi connectivity index (χ1v) is 5.89. The van der Waals surface area contributed by atoms with E-state index in [0.717, 1.165) is 27.6 Å². The van der Waals surface area contributed by atoms with Crippen LogP contribution in [0.3, 0.4) is 0 Å². The first kappa shape index (κ1) is 10.8. The first-order valence-electron chi connectivity index (χ1n) is 5.89. The lowest BCUT2D eigenvalue weighted by Crippen LogP contribution is -1.83. The van der Waals surface area contributed by atoms with Crippen LogP contribution in [0.2, 0.25) is 0 Å². The van der Waals surface area contributed by atoms with E-state index in [0.29, 0.717) is 5.75 Å². The standard InChI is InChI=1S/C16H13NO/c1-11-9-13(6-7-16(11)18)14-5-4-12-3-2-8-17-15(12)10-14/h2-10,18H,1H3. The van der Waals surface area contributed by atoms with E-state index in [2.05, 4.69) is 23.2 Å². The van der Waals surface area contributed by atoms with Gasteiger partial charge in [0.25, 0.3) is 0 Å². The van der Waals surface area contributed by atoms with E-state index in [-0.39, 0.29) is 0 Å². The summed E-state index contributed by atoms with van der Waals surface area (Å²) < 4.78 is 0. The largest absolute Gasteiger partial charge is 0.508 e. The Balaban J connectivity index is 2.16. The highest BCUT2D eigenvalue weighted by atomic mass is 16.3. The third kappa shape index (κ3) is 1.82. The zero-order valence-electron chi connectivity index (χ0n) is 10.1. The molecule has 2 heteroatoms. The Morgan fingerprint density at radius 3 is 2.56 bits per heavy atom. The van der Waals surface area contributed by atoms with Gasteiger partial charge in [-0.3, -0.25) is 4.98 Å². The summed E-state index contributed by atoms with van der Waals surface area (Å²) in [5, 5.41) is 10.7. The highest BCUT2D eigenvalue weighted by molar-refractivity contribution is 5.84. The van der Waals surface area contributed by atoms with Gasteiger partial charge in [-0.2, -0.15) is 0 Å². The second-order valence-corrected chi connectivity index (χ2v) is 4.41. The maximum atomic E-state index is 9.55. The van der Waals surface area contributed by atoms with Crippen LogP contribution in [0.15, 0.2) is 54.7 Å². The van der Waals surface area contributed by atoms with Crippen LogP contribution in [0, 0.1) is 6.92 Å². The summed E-state index contributed by atoms with van der Waals surface area (Å²) in [5.41, 5.74) is 4.08. The summed E-state index contributed by atoms with van der Waals surface area (Å²) in [7, 11) is 0. The lowest BCUT2D eigenvalue weighted by Gasteiger charge is -2.06. The number of hydrogen-bond donors (Lipinski definition) is 1. The van der Waals surface area contributed by atoms with Crippen molar-refractivity contribution in [2.45, 2.75) is 6.92 Å². The monoisotopic (exact) mass is 235 g/mol. The lowest BCUT2D eigenvalue weighted by atomic mass is 10.0. The van der Waals surface area contributed by atoms with Gasteiger partial charge in [-0.05, 0) is 47.9 Å². The van der Waals surface area contributed by atoms with E-state index in [1.807, 2.05) is 31.2 Å². The zero-order valence-corrected chi connectivity index (χ0v) is 10.1. The average molecular weight is 235 g/mol. The molecule has 1 N–H and O–H groups in total. The van der Waals surface area contributed by atoms with E-state index in [1.165, 1.54) is 0 Å². The van der Waals surface area contributed by atoms with Crippen molar-refractivity contribution in [2.24, 2.45) is 0 Å². The highest BCUT2D eigenvalue weighted by Crippen LogP contribution is 2.27. The van der Waals surface area contributed by atoms with E-state index in [4.69, 9.17) is 0 Å². The van der Waals surface area contributed by atoms with Crippen molar-refractivity contribution in [3.05, 3.63) is 60.3 Å². The third-order valence-electron chi connectivity index (χ3n) is 3.14. The molecule has 2 aromatic carbocycles. The average Bonchev–Trinajstić information content (AvgIpc) is 2.41. The molecule has 0 saturated carbocycles. The molecule has 0 amide bonds. The van der Waals surface area contributed by atoms with E-state index >= 15 is 0 Å². The normalized spacial score (nSPS) is 10.7. The number of nitrogens with zero attached hydrogens (tertiary/aromatic N) is 1. The van der Waals surface area contributed by atoms with Gasteiger partial charge in [-0.15, -0.1) is 0 Å². The number of pyridine rings is 1. The molecule has 0 bridgehead atoms. The Morgan fingerprint density at radius 1 is 0.944 bits per heavy atom. The number of benzene rings is 2. The molecule has 88 valence electrons. The number of aromatic hydroxyl groups is 1. The van der Waals surface area contributed by atoms with Gasteiger partial charge in [-0.25, -0.2) is 0 Å². The van der Waals surface area contributed by atoms with Crippen LogP contribution in [0.5, 0.6) is 5.75 Å². The number of rotatable bonds is 1. The molecule has 1 heterocycles. The molecule has 2 nitrogen and oxygen atoms in total.